The van der Waals surface area contributed by atoms with E-state index >= 15 is 0 Å². The molecule has 2 atom stereocenters. The average molecular weight is 247 g/mol. The monoisotopic (exact) mass is 247 g/mol. The lowest BCUT2D eigenvalue weighted by Crippen LogP contribution is -2.36. The van der Waals surface area contributed by atoms with Gasteiger partial charge in [0.25, 0.3) is 0 Å². The number of aliphatic carboxylic acids is 1. The van der Waals surface area contributed by atoms with E-state index in [1.807, 2.05) is 6.26 Å². The molecule has 5 nitrogen and oxygen atoms in total. The Morgan fingerprint density at radius 3 is 2.69 bits per heavy atom. The molecule has 92 valence electrons. The zero-order valence-corrected chi connectivity index (χ0v) is 10.1. The van der Waals surface area contributed by atoms with Gasteiger partial charge in [-0.25, -0.2) is 4.79 Å². The van der Waals surface area contributed by atoms with Crippen molar-refractivity contribution in [3.8, 4) is 0 Å². The first-order valence-electron chi connectivity index (χ1n) is 5.30. The zero-order chi connectivity index (χ0) is 12.0. The molecule has 1 amide bonds. The first kappa shape index (κ1) is 13.3. The molecule has 0 spiro atoms. The van der Waals surface area contributed by atoms with Crippen molar-refractivity contribution in [3.05, 3.63) is 0 Å². The topological polar surface area (TPSA) is 75.6 Å². The van der Waals surface area contributed by atoms with Gasteiger partial charge in [-0.1, -0.05) is 0 Å². The van der Waals surface area contributed by atoms with Gasteiger partial charge in [0.1, 0.15) is 6.10 Å². The van der Waals surface area contributed by atoms with E-state index in [-0.39, 0.29) is 5.91 Å². The molecule has 0 bridgehead atoms. The Bertz CT molecular complexity index is 259. The molecule has 1 aliphatic heterocycles. The summed E-state index contributed by atoms with van der Waals surface area (Å²) in [6.07, 6.45) is 2.43. The van der Waals surface area contributed by atoms with Crippen molar-refractivity contribution in [1.29, 1.82) is 0 Å². The highest BCUT2D eigenvalue weighted by Crippen LogP contribution is 2.19. The summed E-state index contributed by atoms with van der Waals surface area (Å²) in [6, 6.07) is 0. The van der Waals surface area contributed by atoms with Crippen molar-refractivity contribution in [2.45, 2.75) is 31.5 Å². The second-order valence-corrected chi connectivity index (χ2v) is 4.65. The van der Waals surface area contributed by atoms with Crippen LogP contribution in [0.1, 0.15) is 19.3 Å². The van der Waals surface area contributed by atoms with Crippen LogP contribution in [0.5, 0.6) is 0 Å². The van der Waals surface area contributed by atoms with Gasteiger partial charge in [0.15, 0.2) is 6.10 Å². The van der Waals surface area contributed by atoms with E-state index in [1.54, 1.807) is 11.8 Å². The molecule has 0 aromatic rings. The second kappa shape index (κ2) is 6.75. The molecule has 1 heterocycles. The summed E-state index contributed by atoms with van der Waals surface area (Å²) in [7, 11) is 0. The molecule has 1 rings (SSSR count). The fraction of sp³-hybridized carbons (Fsp3) is 0.800. The lowest BCUT2D eigenvalue weighted by Gasteiger charge is -2.11. The number of carboxylic acid groups (broad SMARTS) is 1. The number of ether oxygens (including phenoxy) is 1. The number of carbonyl (C=O) groups excluding carboxylic acids is 1. The standard InChI is InChI=1S/C10H17NO4S/c1-16-6-2-5-11-9(12)7-3-4-8(15-7)10(13)14/h7-8H,2-6H2,1H3,(H,11,12)(H,13,14)/t7-,8+/m0/s1. The number of nitrogens with one attached hydrogen (secondary N) is 1. The van der Waals surface area contributed by atoms with Gasteiger partial charge < -0.3 is 15.2 Å². The number of thioether (sulfide) groups is 1. The Morgan fingerprint density at radius 1 is 1.44 bits per heavy atom. The molecule has 1 saturated heterocycles. The summed E-state index contributed by atoms with van der Waals surface area (Å²) in [5, 5.41) is 11.4. The molecule has 1 fully saturated rings. The minimum atomic E-state index is -0.988. The number of carboxylic acids is 1. The van der Waals surface area contributed by atoms with Crippen molar-refractivity contribution < 1.29 is 19.4 Å². The summed E-state index contributed by atoms with van der Waals surface area (Å²) in [4.78, 5) is 22.2. The molecule has 0 aromatic carbocycles. The highest BCUT2D eigenvalue weighted by atomic mass is 32.2. The average Bonchev–Trinajstić information content (AvgIpc) is 2.73. The SMILES string of the molecule is CSCCCNC(=O)[C@@H]1CC[C@H](C(=O)O)O1. The fourth-order valence-corrected chi connectivity index (χ4v) is 1.99. The van der Waals surface area contributed by atoms with Gasteiger partial charge in [-0.2, -0.15) is 11.8 Å². The molecule has 16 heavy (non-hydrogen) atoms. The van der Waals surface area contributed by atoms with Gasteiger partial charge in [0, 0.05) is 6.54 Å². The Morgan fingerprint density at radius 2 is 2.12 bits per heavy atom. The predicted octanol–water partition coefficient (Wildman–Crippen LogP) is 0.488. The van der Waals surface area contributed by atoms with Gasteiger partial charge in [0.2, 0.25) is 5.91 Å². The van der Waals surface area contributed by atoms with Crippen LogP contribution in [-0.4, -0.2) is 47.7 Å². The Balaban J connectivity index is 2.20. The molecule has 0 aromatic heterocycles. The zero-order valence-electron chi connectivity index (χ0n) is 9.27. The van der Waals surface area contributed by atoms with Crippen LogP contribution in [-0.2, 0) is 14.3 Å². The smallest absolute Gasteiger partial charge is 0.332 e. The molecular formula is C10H17NO4S. The minimum Gasteiger partial charge on any atom is -0.479 e. The number of carbonyl (C=O) groups is 2. The van der Waals surface area contributed by atoms with Crippen LogP contribution >= 0.6 is 11.8 Å². The van der Waals surface area contributed by atoms with Crippen LogP contribution in [0.4, 0.5) is 0 Å². The second-order valence-electron chi connectivity index (χ2n) is 3.67. The van der Waals surface area contributed by atoms with Crippen molar-refractivity contribution >= 4 is 23.6 Å². The van der Waals surface area contributed by atoms with Crippen LogP contribution in [0.2, 0.25) is 0 Å². The molecule has 0 radical (unpaired) electrons. The van der Waals surface area contributed by atoms with Crippen LogP contribution < -0.4 is 5.32 Å². The van der Waals surface area contributed by atoms with Gasteiger partial charge in [-0.05, 0) is 31.3 Å². The third-order valence-electron chi connectivity index (χ3n) is 2.41. The lowest BCUT2D eigenvalue weighted by molar-refractivity contribution is -0.151. The van der Waals surface area contributed by atoms with E-state index in [0.29, 0.717) is 19.4 Å². The molecular weight excluding hydrogens is 230 g/mol. The number of hydrogen-bond acceptors (Lipinski definition) is 4. The Hall–Kier alpha value is -0.750. The number of rotatable bonds is 6. The van der Waals surface area contributed by atoms with Crippen molar-refractivity contribution in [3.63, 3.8) is 0 Å². The van der Waals surface area contributed by atoms with Crippen LogP contribution in [0, 0.1) is 0 Å². The fourth-order valence-electron chi connectivity index (χ4n) is 1.55. The normalized spacial score (nSPS) is 24.3. The Kier molecular flexibility index (Phi) is 5.62. The summed E-state index contributed by atoms with van der Waals surface area (Å²) >= 11 is 1.73. The number of amides is 1. The van der Waals surface area contributed by atoms with E-state index in [4.69, 9.17) is 9.84 Å². The third-order valence-corrected chi connectivity index (χ3v) is 3.11. The van der Waals surface area contributed by atoms with Crippen molar-refractivity contribution in [2.24, 2.45) is 0 Å². The van der Waals surface area contributed by atoms with E-state index < -0.39 is 18.2 Å². The highest BCUT2D eigenvalue weighted by molar-refractivity contribution is 7.98. The largest absolute Gasteiger partial charge is 0.479 e. The maximum atomic E-state index is 11.5. The van der Waals surface area contributed by atoms with Gasteiger partial charge in [0.05, 0.1) is 0 Å². The number of hydrogen-bond donors (Lipinski definition) is 2. The van der Waals surface area contributed by atoms with Crippen LogP contribution in [0.25, 0.3) is 0 Å². The maximum Gasteiger partial charge on any atom is 0.332 e. The third kappa shape index (κ3) is 4.02. The summed E-state index contributed by atoms with van der Waals surface area (Å²) in [5.74, 6) is -0.175. The summed E-state index contributed by atoms with van der Waals surface area (Å²) in [5.41, 5.74) is 0. The van der Waals surface area contributed by atoms with Gasteiger partial charge >= 0.3 is 5.97 Å². The van der Waals surface area contributed by atoms with Crippen LogP contribution in [0.3, 0.4) is 0 Å². The molecule has 0 saturated carbocycles. The molecule has 0 aliphatic carbocycles. The summed E-state index contributed by atoms with van der Waals surface area (Å²) in [6.45, 7) is 0.622. The first-order chi connectivity index (χ1) is 7.65. The van der Waals surface area contributed by atoms with E-state index in [2.05, 4.69) is 5.32 Å². The maximum absolute atomic E-state index is 11.5. The van der Waals surface area contributed by atoms with E-state index in [0.717, 1.165) is 12.2 Å². The molecule has 1 aliphatic rings. The first-order valence-corrected chi connectivity index (χ1v) is 6.69. The quantitative estimate of drug-likeness (QED) is 0.668. The Labute approximate surface area is 98.9 Å². The highest BCUT2D eigenvalue weighted by Gasteiger charge is 2.34. The summed E-state index contributed by atoms with van der Waals surface area (Å²) < 4.78 is 5.12. The molecule has 2 N–H and O–H groups in total. The van der Waals surface area contributed by atoms with Crippen molar-refractivity contribution in [1.82, 2.24) is 5.32 Å². The minimum absolute atomic E-state index is 0.190. The van der Waals surface area contributed by atoms with Crippen LogP contribution in [0.15, 0.2) is 0 Å². The van der Waals surface area contributed by atoms with Gasteiger partial charge in [-0.15, -0.1) is 0 Å². The predicted molar refractivity (Wildman–Crippen MR) is 61.5 cm³/mol. The van der Waals surface area contributed by atoms with Gasteiger partial charge in [-0.3, -0.25) is 4.79 Å². The lowest BCUT2D eigenvalue weighted by atomic mass is 10.2. The van der Waals surface area contributed by atoms with E-state index in [1.165, 1.54) is 0 Å². The molecule has 0 unspecified atom stereocenters. The van der Waals surface area contributed by atoms with E-state index in [9.17, 15) is 9.59 Å². The van der Waals surface area contributed by atoms with Crippen molar-refractivity contribution in [2.75, 3.05) is 18.6 Å². The molecule has 6 heteroatoms.